The first kappa shape index (κ1) is 13.1. The molecule has 0 radical (unpaired) electrons. The molecule has 2 bridgehead atoms. The number of rotatable bonds is 1. The Morgan fingerprint density at radius 1 is 1.37 bits per heavy atom. The van der Waals surface area contributed by atoms with E-state index in [1.54, 1.807) is 0 Å². The van der Waals surface area contributed by atoms with Crippen LogP contribution in [0.3, 0.4) is 0 Å². The van der Waals surface area contributed by atoms with Gasteiger partial charge in [-0.2, -0.15) is 0 Å². The molecule has 1 aliphatic heterocycles. The number of aliphatic hydroxyl groups is 1. The van der Waals surface area contributed by atoms with Crippen LogP contribution in [0.1, 0.15) is 46.0 Å². The van der Waals surface area contributed by atoms with Crippen molar-refractivity contribution >= 4 is 5.97 Å². The highest BCUT2D eigenvalue weighted by molar-refractivity contribution is 5.78. The van der Waals surface area contributed by atoms with Crippen LogP contribution in [0.4, 0.5) is 0 Å². The number of carboxylic acid groups (broad SMARTS) is 1. The van der Waals surface area contributed by atoms with E-state index >= 15 is 0 Å². The maximum Gasteiger partial charge on any atom is 0.338 e. The summed E-state index contributed by atoms with van der Waals surface area (Å²) in [6.07, 6.45) is 3.40. The maximum absolute atomic E-state index is 11.4. The summed E-state index contributed by atoms with van der Waals surface area (Å²) >= 11 is 0. The van der Waals surface area contributed by atoms with Crippen LogP contribution in [0, 0.1) is 11.3 Å². The highest BCUT2D eigenvalue weighted by Crippen LogP contribution is 2.59. The van der Waals surface area contributed by atoms with E-state index in [0.29, 0.717) is 25.4 Å². The van der Waals surface area contributed by atoms with Gasteiger partial charge in [-0.3, -0.25) is 0 Å². The van der Waals surface area contributed by atoms with Crippen molar-refractivity contribution in [3.63, 3.8) is 0 Å². The highest BCUT2D eigenvalue weighted by atomic mass is 16.5. The molecule has 0 aromatic carbocycles. The van der Waals surface area contributed by atoms with Crippen LogP contribution < -0.4 is 0 Å². The molecular weight excluding hydrogens is 244 g/mol. The molecular formula is C15H22O4. The van der Waals surface area contributed by atoms with Crippen LogP contribution in [0.25, 0.3) is 0 Å². The van der Waals surface area contributed by atoms with Gasteiger partial charge in [0.05, 0.1) is 12.7 Å². The molecule has 0 aromatic rings. The van der Waals surface area contributed by atoms with Gasteiger partial charge in [-0.1, -0.05) is 11.1 Å². The van der Waals surface area contributed by atoms with Crippen molar-refractivity contribution in [2.75, 3.05) is 6.61 Å². The van der Waals surface area contributed by atoms with Gasteiger partial charge in [0.1, 0.15) is 0 Å². The Balaban J connectivity index is 1.99. The molecule has 2 saturated carbocycles. The van der Waals surface area contributed by atoms with E-state index in [1.807, 2.05) is 0 Å². The molecule has 3 fully saturated rings. The Kier molecular flexibility index (Phi) is 2.81. The fraction of sp³-hybridized carbons (Fsp3) is 0.800. The first-order valence-electron chi connectivity index (χ1n) is 7.13. The fourth-order valence-electron chi connectivity index (χ4n) is 4.43. The third kappa shape index (κ3) is 1.69. The number of fused-ring (bicyclic) bond motifs is 1. The zero-order chi connectivity index (χ0) is 13.8. The highest BCUT2D eigenvalue weighted by Gasteiger charge is 2.60. The standard InChI is InChI=1S/C15H22O4/c1-9(2)10-3-5-14-7-12(19-8-14)15(18,13(16)17)6-4-11(10)14/h11-12,18H,3-8H2,1-2H3,(H,16,17)/t11-,12+,14+,15+/m0/s1. The second-order valence-corrected chi connectivity index (χ2v) is 6.71. The van der Waals surface area contributed by atoms with Gasteiger partial charge in [-0.15, -0.1) is 0 Å². The normalized spacial score (nSPS) is 44.9. The van der Waals surface area contributed by atoms with Crippen LogP contribution in [-0.4, -0.2) is 34.5 Å². The number of carboxylic acids is 1. The lowest BCUT2D eigenvalue weighted by Crippen LogP contribution is -2.49. The van der Waals surface area contributed by atoms with E-state index in [1.165, 1.54) is 11.1 Å². The van der Waals surface area contributed by atoms with Crippen LogP contribution in [0.15, 0.2) is 11.1 Å². The largest absolute Gasteiger partial charge is 0.479 e. The third-order valence-corrected chi connectivity index (χ3v) is 5.58. The van der Waals surface area contributed by atoms with Gasteiger partial charge >= 0.3 is 5.97 Å². The molecule has 1 spiro atoms. The number of aliphatic carboxylic acids is 1. The van der Waals surface area contributed by atoms with Gasteiger partial charge in [0.2, 0.25) is 0 Å². The van der Waals surface area contributed by atoms with Crippen molar-refractivity contribution in [1.29, 1.82) is 0 Å². The van der Waals surface area contributed by atoms with Crippen molar-refractivity contribution < 1.29 is 19.7 Å². The molecule has 3 aliphatic rings. The van der Waals surface area contributed by atoms with Crippen LogP contribution in [0.5, 0.6) is 0 Å². The van der Waals surface area contributed by atoms with E-state index in [-0.39, 0.29) is 5.41 Å². The molecule has 0 aromatic heterocycles. The summed E-state index contributed by atoms with van der Waals surface area (Å²) in [7, 11) is 0. The molecule has 0 amide bonds. The van der Waals surface area contributed by atoms with Gasteiger partial charge in [0.25, 0.3) is 0 Å². The lowest BCUT2D eigenvalue weighted by atomic mass is 9.74. The first-order chi connectivity index (χ1) is 8.89. The molecule has 4 nitrogen and oxygen atoms in total. The second kappa shape index (κ2) is 4.06. The molecule has 0 unspecified atom stereocenters. The first-order valence-corrected chi connectivity index (χ1v) is 7.13. The molecule has 1 heterocycles. The van der Waals surface area contributed by atoms with E-state index in [4.69, 9.17) is 4.74 Å². The monoisotopic (exact) mass is 266 g/mol. The number of carbonyl (C=O) groups is 1. The van der Waals surface area contributed by atoms with Crippen molar-refractivity contribution in [3.05, 3.63) is 11.1 Å². The summed E-state index contributed by atoms with van der Waals surface area (Å²) in [5, 5.41) is 19.8. The fourth-order valence-corrected chi connectivity index (χ4v) is 4.43. The Hall–Kier alpha value is -0.870. The second-order valence-electron chi connectivity index (χ2n) is 6.71. The lowest BCUT2D eigenvalue weighted by Gasteiger charge is -2.31. The van der Waals surface area contributed by atoms with E-state index in [0.717, 1.165) is 19.3 Å². The minimum absolute atomic E-state index is 0.0806. The smallest absolute Gasteiger partial charge is 0.338 e. The van der Waals surface area contributed by atoms with Gasteiger partial charge in [-0.25, -0.2) is 4.79 Å². The van der Waals surface area contributed by atoms with Crippen molar-refractivity contribution in [3.8, 4) is 0 Å². The Bertz CT molecular complexity index is 451. The quantitative estimate of drug-likeness (QED) is 0.713. The molecule has 19 heavy (non-hydrogen) atoms. The van der Waals surface area contributed by atoms with Gasteiger partial charge in [-0.05, 0) is 51.9 Å². The zero-order valence-electron chi connectivity index (χ0n) is 11.6. The van der Waals surface area contributed by atoms with E-state index in [9.17, 15) is 15.0 Å². The number of ether oxygens (including phenoxy) is 1. The number of hydrogen-bond acceptors (Lipinski definition) is 3. The van der Waals surface area contributed by atoms with Crippen molar-refractivity contribution in [2.24, 2.45) is 11.3 Å². The SMILES string of the molecule is CC(C)=C1CC[C@]23CO[C@H](C2)[C@@](O)(C(=O)O)CC[C@@H]13. The van der Waals surface area contributed by atoms with Gasteiger partial charge in [0, 0.05) is 5.41 Å². The Morgan fingerprint density at radius 2 is 2.11 bits per heavy atom. The van der Waals surface area contributed by atoms with E-state index < -0.39 is 17.7 Å². The minimum Gasteiger partial charge on any atom is -0.479 e. The summed E-state index contributed by atoms with van der Waals surface area (Å²) in [4.78, 5) is 11.4. The number of allylic oxidation sites excluding steroid dienone is 2. The minimum atomic E-state index is -1.69. The predicted octanol–water partition coefficient (Wildman–Crippen LogP) is 2.12. The molecule has 1 saturated heterocycles. The molecule has 4 atom stereocenters. The predicted molar refractivity (Wildman–Crippen MR) is 69.7 cm³/mol. The average molecular weight is 266 g/mol. The van der Waals surface area contributed by atoms with Gasteiger partial charge < -0.3 is 14.9 Å². The number of hydrogen-bond donors (Lipinski definition) is 2. The molecule has 2 N–H and O–H groups in total. The molecule has 2 aliphatic carbocycles. The van der Waals surface area contributed by atoms with E-state index in [2.05, 4.69) is 13.8 Å². The van der Waals surface area contributed by atoms with Gasteiger partial charge in [0.15, 0.2) is 5.60 Å². The molecule has 4 heteroatoms. The van der Waals surface area contributed by atoms with Crippen molar-refractivity contribution in [2.45, 2.75) is 57.7 Å². The van der Waals surface area contributed by atoms with Crippen LogP contribution in [0.2, 0.25) is 0 Å². The Labute approximate surface area is 113 Å². The maximum atomic E-state index is 11.4. The zero-order valence-corrected chi connectivity index (χ0v) is 11.6. The average Bonchev–Trinajstić information content (AvgIpc) is 2.89. The molecule has 3 rings (SSSR count). The van der Waals surface area contributed by atoms with Crippen LogP contribution >= 0.6 is 0 Å². The summed E-state index contributed by atoms with van der Waals surface area (Å²) in [5.74, 6) is -0.732. The summed E-state index contributed by atoms with van der Waals surface area (Å²) in [6, 6.07) is 0. The topological polar surface area (TPSA) is 66.8 Å². The summed E-state index contributed by atoms with van der Waals surface area (Å²) in [6.45, 7) is 4.88. The lowest BCUT2D eigenvalue weighted by molar-refractivity contribution is -0.174. The molecule has 106 valence electrons. The summed E-state index contributed by atoms with van der Waals surface area (Å²) in [5.41, 5.74) is 1.21. The van der Waals surface area contributed by atoms with Crippen molar-refractivity contribution in [1.82, 2.24) is 0 Å². The summed E-state index contributed by atoms with van der Waals surface area (Å²) < 4.78 is 5.71. The third-order valence-electron chi connectivity index (χ3n) is 5.58. The van der Waals surface area contributed by atoms with Crippen LogP contribution in [-0.2, 0) is 9.53 Å². The Morgan fingerprint density at radius 3 is 2.74 bits per heavy atom.